The molecule has 0 unspecified atom stereocenters. The van der Waals surface area contributed by atoms with E-state index in [0.29, 0.717) is 50.9 Å². The van der Waals surface area contributed by atoms with E-state index in [9.17, 15) is 4.79 Å². The number of rotatable bonds is 4. The molecule has 6 nitrogen and oxygen atoms in total. The molecule has 1 aliphatic heterocycles. The lowest BCUT2D eigenvalue weighted by molar-refractivity contribution is -0.135. The molecule has 1 aliphatic rings. The summed E-state index contributed by atoms with van der Waals surface area (Å²) in [4.78, 5) is 13.8. The van der Waals surface area contributed by atoms with Crippen LogP contribution >= 0.6 is 0 Å². The molecule has 1 amide bonds. The molecular formula is C15H17N3O3. The summed E-state index contributed by atoms with van der Waals surface area (Å²) >= 11 is 0. The summed E-state index contributed by atoms with van der Waals surface area (Å²) < 4.78 is 10.8. The largest absolute Gasteiger partial charge is 0.421 e. The SMILES string of the molecule is O=C(CCc1nnc(-c2ccccc2)o1)N1CCOCC1. The van der Waals surface area contributed by atoms with E-state index in [1.165, 1.54) is 0 Å². The zero-order valence-corrected chi connectivity index (χ0v) is 11.7. The van der Waals surface area contributed by atoms with Crippen LogP contribution in [0.4, 0.5) is 0 Å². The summed E-state index contributed by atoms with van der Waals surface area (Å²) in [5.74, 6) is 1.10. The van der Waals surface area contributed by atoms with E-state index in [-0.39, 0.29) is 5.91 Å². The molecule has 6 heteroatoms. The molecule has 0 atom stereocenters. The fraction of sp³-hybridized carbons (Fsp3) is 0.400. The Labute approximate surface area is 122 Å². The second-order valence-corrected chi connectivity index (χ2v) is 4.86. The van der Waals surface area contributed by atoms with E-state index in [1.807, 2.05) is 35.2 Å². The smallest absolute Gasteiger partial charge is 0.247 e. The van der Waals surface area contributed by atoms with Gasteiger partial charge in [-0.05, 0) is 12.1 Å². The third-order valence-corrected chi connectivity index (χ3v) is 3.40. The number of carbonyl (C=O) groups excluding carboxylic acids is 1. The number of morpholine rings is 1. The number of aryl methyl sites for hydroxylation is 1. The highest BCUT2D eigenvalue weighted by atomic mass is 16.5. The molecule has 0 saturated carbocycles. The highest BCUT2D eigenvalue weighted by Gasteiger charge is 2.17. The van der Waals surface area contributed by atoms with Gasteiger partial charge in [-0.2, -0.15) is 0 Å². The first-order chi connectivity index (χ1) is 10.3. The Hall–Kier alpha value is -2.21. The van der Waals surface area contributed by atoms with Crippen molar-refractivity contribution in [3.8, 4) is 11.5 Å². The number of ether oxygens (including phenoxy) is 1. The van der Waals surface area contributed by atoms with Gasteiger partial charge in [0.1, 0.15) is 0 Å². The average molecular weight is 287 g/mol. The lowest BCUT2D eigenvalue weighted by Crippen LogP contribution is -2.40. The van der Waals surface area contributed by atoms with Gasteiger partial charge in [-0.15, -0.1) is 10.2 Å². The van der Waals surface area contributed by atoms with Gasteiger partial charge in [0.15, 0.2) is 0 Å². The van der Waals surface area contributed by atoms with Crippen molar-refractivity contribution in [3.63, 3.8) is 0 Å². The average Bonchev–Trinajstić information content (AvgIpc) is 3.03. The van der Waals surface area contributed by atoms with Gasteiger partial charge in [-0.1, -0.05) is 18.2 Å². The lowest BCUT2D eigenvalue weighted by Gasteiger charge is -2.26. The van der Waals surface area contributed by atoms with Crippen LogP contribution < -0.4 is 0 Å². The van der Waals surface area contributed by atoms with Crippen molar-refractivity contribution in [2.24, 2.45) is 0 Å². The van der Waals surface area contributed by atoms with Crippen LogP contribution in [-0.4, -0.2) is 47.3 Å². The Morgan fingerprint density at radius 3 is 2.67 bits per heavy atom. The van der Waals surface area contributed by atoms with Gasteiger partial charge in [-0.25, -0.2) is 0 Å². The van der Waals surface area contributed by atoms with Crippen LogP contribution in [0.1, 0.15) is 12.3 Å². The van der Waals surface area contributed by atoms with Crippen molar-refractivity contribution < 1.29 is 13.9 Å². The molecule has 1 aromatic heterocycles. The van der Waals surface area contributed by atoms with Gasteiger partial charge in [0.2, 0.25) is 17.7 Å². The van der Waals surface area contributed by atoms with Gasteiger partial charge in [0, 0.05) is 31.5 Å². The van der Waals surface area contributed by atoms with Crippen LogP contribution in [0.2, 0.25) is 0 Å². The van der Waals surface area contributed by atoms with Crippen LogP contribution in [0, 0.1) is 0 Å². The third kappa shape index (κ3) is 3.46. The summed E-state index contributed by atoms with van der Waals surface area (Å²) in [6.07, 6.45) is 0.854. The van der Waals surface area contributed by atoms with Crippen LogP contribution in [0.25, 0.3) is 11.5 Å². The molecule has 0 radical (unpaired) electrons. The number of carbonyl (C=O) groups is 1. The molecule has 21 heavy (non-hydrogen) atoms. The maximum absolute atomic E-state index is 12.0. The zero-order chi connectivity index (χ0) is 14.5. The van der Waals surface area contributed by atoms with Crippen molar-refractivity contribution in [1.29, 1.82) is 0 Å². The van der Waals surface area contributed by atoms with Crippen LogP contribution in [0.3, 0.4) is 0 Å². The van der Waals surface area contributed by atoms with E-state index < -0.39 is 0 Å². The maximum Gasteiger partial charge on any atom is 0.247 e. The molecule has 0 spiro atoms. The Morgan fingerprint density at radius 2 is 1.90 bits per heavy atom. The molecule has 3 rings (SSSR count). The minimum Gasteiger partial charge on any atom is -0.421 e. The molecule has 1 fully saturated rings. The minimum absolute atomic E-state index is 0.109. The van der Waals surface area contributed by atoms with Crippen LogP contribution in [0.15, 0.2) is 34.7 Å². The van der Waals surface area contributed by atoms with Gasteiger partial charge in [0.25, 0.3) is 0 Å². The number of amides is 1. The summed E-state index contributed by atoms with van der Waals surface area (Å²) in [5.41, 5.74) is 0.885. The number of benzene rings is 1. The second kappa shape index (κ2) is 6.49. The normalized spacial score (nSPS) is 15.1. The number of nitrogens with zero attached hydrogens (tertiary/aromatic N) is 3. The Kier molecular flexibility index (Phi) is 4.25. The van der Waals surface area contributed by atoms with E-state index in [2.05, 4.69) is 10.2 Å². The van der Waals surface area contributed by atoms with E-state index >= 15 is 0 Å². The molecule has 2 heterocycles. The molecule has 1 saturated heterocycles. The first-order valence-corrected chi connectivity index (χ1v) is 7.06. The Balaban J connectivity index is 1.56. The molecule has 2 aromatic rings. The predicted molar refractivity (Wildman–Crippen MR) is 75.5 cm³/mol. The van der Waals surface area contributed by atoms with Gasteiger partial charge < -0.3 is 14.1 Å². The number of hydrogen-bond acceptors (Lipinski definition) is 5. The first kappa shape index (κ1) is 13.8. The van der Waals surface area contributed by atoms with Gasteiger partial charge in [0.05, 0.1) is 13.2 Å². The maximum atomic E-state index is 12.0. The van der Waals surface area contributed by atoms with E-state index in [4.69, 9.17) is 9.15 Å². The van der Waals surface area contributed by atoms with Crippen molar-refractivity contribution in [2.45, 2.75) is 12.8 Å². The van der Waals surface area contributed by atoms with Crippen LogP contribution in [0.5, 0.6) is 0 Å². The van der Waals surface area contributed by atoms with Crippen molar-refractivity contribution >= 4 is 5.91 Å². The monoisotopic (exact) mass is 287 g/mol. The summed E-state index contributed by atoms with van der Waals surface area (Å²) in [7, 11) is 0. The van der Waals surface area contributed by atoms with Crippen molar-refractivity contribution in [3.05, 3.63) is 36.2 Å². The summed E-state index contributed by atoms with van der Waals surface area (Å²) in [5, 5.41) is 8.01. The second-order valence-electron chi connectivity index (χ2n) is 4.86. The Bertz CT molecular complexity index is 591. The highest BCUT2D eigenvalue weighted by Crippen LogP contribution is 2.17. The quantitative estimate of drug-likeness (QED) is 0.853. The fourth-order valence-corrected chi connectivity index (χ4v) is 2.24. The predicted octanol–water partition coefficient (Wildman–Crippen LogP) is 1.53. The fourth-order valence-electron chi connectivity index (χ4n) is 2.24. The van der Waals surface area contributed by atoms with Crippen molar-refractivity contribution in [1.82, 2.24) is 15.1 Å². The summed E-state index contributed by atoms with van der Waals surface area (Å²) in [6.45, 7) is 2.56. The number of aromatic nitrogens is 2. The van der Waals surface area contributed by atoms with Gasteiger partial charge in [-0.3, -0.25) is 4.79 Å². The van der Waals surface area contributed by atoms with Crippen LogP contribution in [-0.2, 0) is 16.0 Å². The van der Waals surface area contributed by atoms with E-state index in [1.54, 1.807) is 0 Å². The third-order valence-electron chi connectivity index (χ3n) is 3.40. The molecule has 1 aromatic carbocycles. The summed E-state index contributed by atoms with van der Waals surface area (Å²) in [6, 6.07) is 9.59. The number of hydrogen-bond donors (Lipinski definition) is 0. The lowest BCUT2D eigenvalue weighted by atomic mass is 10.2. The van der Waals surface area contributed by atoms with Gasteiger partial charge >= 0.3 is 0 Å². The highest BCUT2D eigenvalue weighted by molar-refractivity contribution is 5.76. The molecular weight excluding hydrogens is 270 g/mol. The Morgan fingerprint density at radius 1 is 1.14 bits per heavy atom. The zero-order valence-electron chi connectivity index (χ0n) is 11.7. The topological polar surface area (TPSA) is 68.5 Å². The standard InChI is InChI=1S/C15H17N3O3/c19-14(18-8-10-20-11-9-18)7-6-13-16-17-15(21-13)12-4-2-1-3-5-12/h1-5H,6-11H2. The molecule has 110 valence electrons. The first-order valence-electron chi connectivity index (χ1n) is 7.06. The molecule has 0 bridgehead atoms. The molecule has 0 N–H and O–H groups in total. The van der Waals surface area contributed by atoms with E-state index in [0.717, 1.165) is 5.56 Å². The molecule has 0 aliphatic carbocycles. The minimum atomic E-state index is 0.109. The van der Waals surface area contributed by atoms with Crippen molar-refractivity contribution in [2.75, 3.05) is 26.3 Å².